The maximum Gasteiger partial charge on any atom is 0.344 e. The lowest BCUT2D eigenvalue weighted by Crippen LogP contribution is -2.25. The third-order valence-electron chi connectivity index (χ3n) is 5.57. The first-order valence-corrected chi connectivity index (χ1v) is 11.6. The molecule has 0 saturated heterocycles. The number of carbonyl (C=O) groups is 1. The molecule has 0 saturated carbocycles. The van der Waals surface area contributed by atoms with Gasteiger partial charge in [0.25, 0.3) is 5.69 Å². The molecule has 0 aliphatic carbocycles. The van der Waals surface area contributed by atoms with Crippen molar-refractivity contribution in [3.8, 4) is 17.0 Å². The zero-order valence-corrected chi connectivity index (χ0v) is 22.1. The highest BCUT2D eigenvalue weighted by Crippen LogP contribution is 2.33. The Bertz CT molecular complexity index is 1390. The summed E-state index contributed by atoms with van der Waals surface area (Å²) in [5.74, 6) is -0.846. The summed E-state index contributed by atoms with van der Waals surface area (Å²) in [6.07, 6.45) is 0. The summed E-state index contributed by atoms with van der Waals surface area (Å²) in [7, 11) is 2.87. The van der Waals surface area contributed by atoms with Crippen molar-refractivity contribution >= 4 is 40.4 Å². The van der Waals surface area contributed by atoms with Gasteiger partial charge in [-0.15, -0.1) is 0 Å². The molecule has 0 bridgehead atoms. The van der Waals surface area contributed by atoms with E-state index in [1.54, 1.807) is 18.7 Å². The first-order chi connectivity index (χ1) is 17.3. The lowest BCUT2D eigenvalue weighted by Gasteiger charge is -2.19. The minimum Gasteiger partial charge on any atom is -0.504 e. The normalized spacial score (nSPS) is 11.7. The minimum absolute atomic E-state index is 0.00781. The maximum absolute atomic E-state index is 11.8. The van der Waals surface area contributed by atoms with Gasteiger partial charge in [-0.05, 0) is 42.3 Å². The van der Waals surface area contributed by atoms with Crippen LogP contribution in [0.5, 0.6) is 5.75 Å². The van der Waals surface area contributed by atoms with Gasteiger partial charge in [0.2, 0.25) is 0 Å². The molecule has 194 valence electrons. The molecule has 2 aromatic carbocycles. The van der Waals surface area contributed by atoms with Crippen LogP contribution in [0, 0.1) is 10.1 Å². The molecular weight excluding hydrogens is 496 g/mol. The van der Waals surface area contributed by atoms with Crippen LogP contribution >= 0.6 is 12.2 Å². The number of aromatic hydroxyl groups is 1. The van der Waals surface area contributed by atoms with Crippen LogP contribution in [0.2, 0.25) is 0 Å². The predicted octanol–water partition coefficient (Wildman–Crippen LogP) is 4.50. The first kappa shape index (κ1) is 27.3. The second-order valence-electron chi connectivity index (χ2n) is 9.24. The lowest BCUT2D eigenvalue weighted by molar-refractivity contribution is -0.385. The van der Waals surface area contributed by atoms with Crippen LogP contribution in [0.25, 0.3) is 11.3 Å². The summed E-state index contributed by atoms with van der Waals surface area (Å²) in [5.41, 5.74) is 5.46. The van der Waals surface area contributed by atoms with Gasteiger partial charge in [-0.25, -0.2) is 4.79 Å². The van der Waals surface area contributed by atoms with E-state index in [-0.39, 0.29) is 33.2 Å². The number of hydrogen-bond donors (Lipinski definition) is 3. The molecule has 37 heavy (non-hydrogen) atoms. The van der Waals surface area contributed by atoms with Crippen molar-refractivity contribution < 1.29 is 19.6 Å². The van der Waals surface area contributed by atoms with Gasteiger partial charge in [-0.2, -0.15) is 10.2 Å². The highest BCUT2D eigenvalue weighted by atomic mass is 32.1. The maximum atomic E-state index is 11.8. The van der Waals surface area contributed by atoms with Gasteiger partial charge in [-0.3, -0.25) is 20.2 Å². The van der Waals surface area contributed by atoms with Crippen LogP contribution < -0.4 is 10.7 Å². The number of esters is 1. The molecule has 0 aliphatic heterocycles. The zero-order valence-electron chi connectivity index (χ0n) is 21.3. The number of nitrogens with zero attached hydrogens (tertiary/aromatic N) is 4. The van der Waals surface area contributed by atoms with Crippen molar-refractivity contribution in [3.05, 3.63) is 69.4 Å². The first-order valence-electron chi connectivity index (χ1n) is 11.2. The highest BCUT2D eigenvalue weighted by Gasteiger charge is 2.22. The lowest BCUT2D eigenvalue weighted by atomic mass is 9.86. The van der Waals surface area contributed by atoms with E-state index >= 15 is 0 Å². The number of ether oxygens (including phenoxy) is 1. The summed E-state index contributed by atoms with van der Waals surface area (Å²) in [6, 6.07) is 11.8. The van der Waals surface area contributed by atoms with E-state index in [0.717, 1.165) is 12.7 Å². The zero-order chi connectivity index (χ0) is 27.5. The summed E-state index contributed by atoms with van der Waals surface area (Å²) in [5, 5.41) is 33.6. The minimum atomic E-state index is -0.821. The number of anilines is 1. The number of aromatic nitrogens is 2. The fraction of sp³-hybridized carbons (Fsp3) is 0.280. The number of benzene rings is 2. The Hall–Kier alpha value is -4.32. The Morgan fingerprint density at radius 2 is 1.86 bits per heavy atom. The van der Waals surface area contributed by atoms with Gasteiger partial charge in [-0.1, -0.05) is 45.0 Å². The van der Waals surface area contributed by atoms with Gasteiger partial charge in [0.05, 0.1) is 17.7 Å². The number of methoxy groups -OCH3 is 1. The van der Waals surface area contributed by atoms with E-state index < -0.39 is 16.6 Å². The molecule has 1 aromatic heterocycles. The molecule has 0 unspecified atom stereocenters. The van der Waals surface area contributed by atoms with E-state index in [0.29, 0.717) is 11.4 Å². The van der Waals surface area contributed by atoms with Crippen LogP contribution in [0.15, 0.2) is 47.6 Å². The number of rotatable bonds is 6. The average molecular weight is 525 g/mol. The van der Waals surface area contributed by atoms with Gasteiger partial charge < -0.3 is 15.2 Å². The fourth-order valence-electron chi connectivity index (χ4n) is 3.60. The molecule has 0 aliphatic rings. The second-order valence-corrected chi connectivity index (χ2v) is 9.65. The molecule has 3 N–H and O–H groups in total. The Morgan fingerprint density at radius 1 is 1.22 bits per heavy atom. The van der Waals surface area contributed by atoms with Crippen LogP contribution in [0.1, 0.15) is 49.3 Å². The summed E-state index contributed by atoms with van der Waals surface area (Å²) >= 11 is 5.22. The highest BCUT2D eigenvalue weighted by molar-refractivity contribution is 7.80. The van der Waals surface area contributed by atoms with Crippen molar-refractivity contribution in [1.82, 2.24) is 15.2 Å². The number of hydrogen-bond acceptors (Lipinski definition) is 8. The molecule has 0 amide bonds. The second kappa shape index (κ2) is 10.7. The number of carbonyl (C=O) groups excluding carboxylic acids is 1. The Labute approximate surface area is 219 Å². The standard InChI is InChI=1S/C25H28N6O5S/c1-14(20-22(32)21(30(5)29-20)15-7-9-16(10-8-15)25(2,3)4)27-28-24(37)26-17-11-12-18(23(33)36-6)19(13-17)31(34)35/h7-13,32H,1-6H3,(H2,26,28,37)/b27-14+. The molecular formula is C25H28N6O5S. The van der Waals surface area contributed by atoms with E-state index in [2.05, 4.69) is 46.5 Å². The van der Waals surface area contributed by atoms with Gasteiger partial charge in [0, 0.05) is 24.4 Å². The summed E-state index contributed by atoms with van der Waals surface area (Å²) in [4.78, 5) is 22.4. The largest absolute Gasteiger partial charge is 0.504 e. The molecule has 3 rings (SSSR count). The Morgan fingerprint density at radius 3 is 2.43 bits per heavy atom. The number of nitrogens with one attached hydrogen (secondary N) is 2. The number of nitro groups is 1. The molecule has 12 heteroatoms. The molecule has 1 heterocycles. The van der Waals surface area contributed by atoms with Crippen LogP contribution in [-0.2, 0) is 17.2 Å². The smallest absolute Gasteiger partial charge is 0.344 e. The molecule has 11 nitrogen and oxygen atoms in total. The molecule has 0 radical (unpaired) electrons. The van der Waals surface area contributed by atoms with Crippen LogP contribution in [0.3, 0.4) is 0 Å². The van der Waals surface area contributed by atoms with Crippen molar-refractivity contribution in [2.24, 2.45) is 12.1 Å². The van der Waals surface area contributed by atoms with Crippen LogP contribution in [-0.4, -0.2) is 43.7 Å². The topological polar surface area (TPSA) is 144 Å². The quantitative estimate of drug-likeness (QED) is 0.140. The molecule has 0 spiro atoms. The van der Waals surface area contributed by atoms with Crippen molar-refractivity contribution in [1.29, 1.82) is 0 Å². The molecule has 3 aromatic rings. The van der Waals surface area contributed by atoms with E-state index in [4.69, 9.17) is 12.2 Å². The monoisotopic (exact) mass is 524 g/mol. The van der Waals surface area contributed by atoms with Crippen LogP contribution in [0.4, 0.5) is 11.4 Å². The van der Waals surface area contributed by atoms with Crippen molar-refractivity contribution in [3.63, 3.8) is 0 Å². The van der Waals surface area contributed by atoms with E-state index in [1.165, 1.54) is 23.8 Å². The number of hydrazone groups is 1. The molecule has 0 atom stereocenters. The van der Waals surface area contributed by atoms with E-state index in [9.17, 15) is 20.0 Å². The van der Waals surface area contributed by atoms with Gasteiger partial charge in [0.15, 0.2) is 16.6 Å². The number of thiocarbonyl (C=S) groups is 1. The summed E-state index contributed by atoms with van der Waals surface area (Å²) < 4.78 is 6.15. The predicted molar refractivity (Wildman–Crippen MR) is 145 cm³/mol. The third kappa shape index (κ3) is 6.09. The summed E-state index contributed by atoms with van der Waals surface area (Å²) in [6.45, 7) is 8.05. The number of nitro benzene ring substituents is 1. The Kier molecular flexibility index (Phi) is 7.92. The van der Waals surface area contributed by atoms with Gasteiger partial charge in [0.1, 0.15) is 11.3 Å². The third-order valence-corrected chi connectivity index (χ3v) is 5.77. The average Bonchev–Trinajstić information content (AvgIpc) is 3.15. The van der Waals surface area contributed by atoms with Crippen molar-refractivity contribution in [2.45, 2.75) is 33.1 Å². The molecule has 0 fully saturated rings. The van der Waals surface area contributed by atoms with Gasteiger partial charge >= 0.3 is 5.97 Å². The SMILES string of the molecule is COC(=O)c1ccc(NC(=S)N/N=C(\C)c2nn(C)c(-c3ccc(C(C)(C)C)cc3)c2O)cc1[N+](=O)[O-]. The fourth-order valence-corrected chi connectivity index (χ4v) is 3.76. The number of aryl methyl sites for hydroxylation is 1. The van der Waals surface area contributed by atoms with Crippen molar-refractivity contribution in [2.75, 3.05) is 12.4 Å². The van der Waals surface area contributed by atoms with E-state index in [1.807, 2.05) is 24.3 Å². The Balaban J connectivity index is 1.77.